The molecular formula is C22H12ClF11N2O2. The van der Waals surface area contributed by atoms with Crippen molar-refractivity contribution in [1.82, 2.24) is 0 Å². The molecule has 0 atom stereocenters. The zero-order valence-corrected chi connectivity index (χ0v) is 18.9. The van der Waals surface area contributed by atoms with Crippen LogP contribution in [0.3, 0.4) is 0 Å². The molecule has 0 saturated carbocycles. The third kappa shape index (κ3) is 7.46. The molecule has 0 bridgehead atoms. The van der Waals surface area contributed by atoms with E-state index in [2.05, 4.69) is 10.6 Å². The molecule has 0 aliphatic rings. The fourth-order valence-electron chi connectivity index (χ4n) is 2.63. The van der Waals surface area contributed by atoms with Gasteiger partial charge in [-0.25, -0.2) is 0 Å². The highest BCUT2D eigenvalue weighted by molar-refractivity contribution is 6.31. The van der Waals surface area contributed by atoms with Gasteiger partial charge in [0.2, 0.25) is 5.78 Å². The fourth-order valence-corrected chi connectivity index (χ4v) is 2.92. The van der Waals surface area contributed by atoms with E-state index in [9.17, 15) is 57.9 Å². The Morgan fingerprint density at radius 2 is 1.37 bits per heavy atom. The van der Waals surface area contributed by atoms with E-state index in [0.29, 0.717) is 24.4 Å². The molecule has 0 fully saturated rings. The molecule has 0 unspecified atom stereocenters. The van der Waals surface area contributed by atoms with Gasteiger partial charge in [-0.2, -0.15) is 48.3 Å². The molecular weight excluding hydrogens is 569 g/mol. The number of benzene rings is 2. The second kappa shape index (κ2) is 11.0. The van der Waals surface area contributed by atoms with Gasteiger partial charge >= 0.3 is 24.5 Å². The topological polar surface area (TPSA) is 58.2 Å². The normalized spacial score (nSPS) is 13.5. The minimum Gasteiger partial charge on any atom is -0.360 e. The molecule has 38 heavy (non-hydrogen) atoms. The number of hydrogen-bond acceptors (Lipinski definition) is 4. The minimum atomic E-state index is -6.31. The van der Waals surface area contributed by atoms with Crippen molar-refractivity contribution in [3.8, 4) is 0 Å². The Labute approximate surface area is 210 Å². The monoisotopic (exact) mass is 580 g/mol. The smallest absolute Gasteiger partial charge is 0.360 e. The summed E-state index contributed by atoms with van der Waals surface area (Å²) in [7, 11) is 0. The van der Waals surface area contributed by atoms with Gasteiger partial charge in [-0.05, 0) is 29.8 Å². The van der Waals surface area contributed by atoms with Crippen LogP contribution >= 0.6 is 11.6 Å². The van der Waals surface area contributed by atoms with Crippen molar-refractivity contribution in [2.45, 2.75) is 24.5 Å². The van der Waals surface area contributed by atoms with Crippen LogP contribution in [-0.2, 0) is 15.8 Å². The molecule has 2 aromatic rings. The SMILES string of the molecule is O=C(C=CNc1ccccc1NC(=CC(=O)C(F)(F)C(F)(F)F)c1ccc(C(F)(F)F)c(Cl)c1)C(F)(F)F. The molecule has 0 saturated heterocycles. The lowest BCUT2D eigenvalue weighted by Gasteiger charge is -2.19. The molecule has 0 spiro atoms. The van der Waals surface area contributed by atoms with Gasteiger partial charge in [0.1, 0.15) is 0 Å². The highest BCUT2D eigenvalue weighted by Crippen LogP contribution is 2.39. The van der Waals surface area contributed by atoms with Crippen molar-refractivity contribution in [2.75, 3.05) is 10.6 Å². The molecule has 0 aromatic heterocycles. The maximum Gasteiger partial charge on any atom is 0.461 e. The van der Waals surface area contributed by atoms with Crippen molar-refractivity contribution < 1.29 is 57.9 Å². The van der Waals surface area contributed by atoms with E-state index in [1.165, 1.54) is 12.1 Å². The van der Waals surface area contributed by atoms with Gasteiger partial charge in [0.15, 0.2) is 0 Å². The second-order valence-electron chi connectivity index (χ2n) is 7.20. The summed E-state index contributed by atoms with van der Waals surface area (Å²) in [4.78, 5) is 22.8. The van der Waals surface area contributed by atoms with Gasteiger partial charge in [-0.15, -0.1) is 0 Å². The van der Waals surface area contributed by atoms with Crippen LogP contribution in [0.1, 0.15) is 11.1 Å². The number of carbonyl (C=O) groups is 2. The molecule has 16 heteroatoms. The predicted molar refractivity (Wildman–Crippen MR) is 114 cm³/mol. The van der Waals surface area contributed by atoms with Gasteiger partial charge in [-0.1, -0.05) is 29.8 Å². The lowest BCUT2D eigenvalue weighted by atomic mass is 10.0. The summed E-state index contributed by atoms with van der Waals surface area (Å²) in [6.07, 6.45) is -16.0. The number of para-hydroxylation sites is 2. The third-order valence-electron chi connectivity index (χ3n) is 4.48. The van der Waals surface area contributed by atoms with E-state index in [1.54, 1.807) is 0 Å². The summed E-state index contributed by atoms with van der Waals surface area (Å²) in [5.41, 5.74) is -3.23. The fraction of sp³-hybridized carbons (Fsp3) is 0.182. The van der Waals surface area contributed by atoms with Crippen LogP contribution in [0.25, 0.3) is 5.70 Å². The van der Waals surface area contributed by atoms with Crippen LogP contribution < -0.4 is 10.6 Å². The van der Waals surface area contributed by atoms with Gasteiger partial charge < -0.3 is 10.6 Å². The average Bonchev–Trinajstić information content (AvgIpc) is 2.77. The maximum atomic E-state index is 13.6. The summed E-state index contributed by atoms with van der Waals surface area (Å²) < 4.78 is 141. The predicted octanol–water partition coefficient (Wildman–Crippen LogP) is 7.64. The van der Waals surface area contributed by atoms with Crippen molar-refractivity contribution in [3.63, 3.8) is 0 Å². The lowest BCUT2D eigenvalue weighted by molar-refractivity contribution is -0.266. The Bertz CT molecular complexity index is 1260. The number of halogens is 12. The molecule has 0 amide bonds. The minimum absolute atomic E-state index is 0.0938. The number of anilines is 2. The maximum absolute atomic E-state index is 13.6. The summed E-state index contributed by atoms with van der Waals surface area (Å²) in [5, 5.41) is 3.52. The van der Waals surface area contributed by atoms with Crippen molar-refractivity contribution in [3.05, 3.63) is 77.0 Å². The number of nitrogens with one attached hydrogen (secondary N) is 2. The summed E-state index contributed by atoms with van der Waals surface area (Å²) >= 11 is 5.59. The largest absolute Gasteiger partial charge is 0.461 e. The Morgan fingerprint density at radius 3 is 1.87 bits per heavy atom. The van der Waals surface area contributed by atoms with E-state index in [1.807, 2.05) is 0 Å². The number of carbonyl (C=O) groups excluding carboxylic acids is 2. The van der Waals surface area contributed by atoms with Crippen LogP contribution in [-0.4, -0.2) is 29.8 Å². The number of hydrogen-bond donors (Lipinski definition) is 2. The Hall–Kier alpha value is -3.62. The molecule has 206 valence electrons. The molecule has 2 N–H and O–H groups in total. The molecule has 2 rings (SSSR count). The van der Waals surface area contributed by atoms with Gasteiger partial charge in [-0.3, -0.25) is 9.59 Å². The van der Waals surface area contributed by atoms with E-state index in [-0.39, 0.29) is 23.5 Å². The van der Waals surface area contributed by atoms with Gasteiger partial charge in [0.25, 0.3) is 5.78 Å². The first-order valence-electron chi connectivity index (χ1n) is 9.73. The van der Waals surface area contributed by atoms with Crippen molar-refractivity contribution in [1.29, 1.82) is 0 Å². The zero-order chi connectivity index (χ0) is 29.1. The summed E-state index contributed by atoms with van der Waals surface area (Å²) in [6.45, 7) is 0. The highest BCUT2D eigenvalue weighted by atomic mass is 35.5. The van der Waals surface area contributed by atoms with Gasteiger partial charge in [0, 0.05) is 24.0 Å². The first-order valence-corrected chi connectivity index (χ1v) is 10.1. The zero-order valence-electron chi connectivity index (χ0n) is 18.1. The molecule has 2 aromatic carbocycles. The van der Waals surface area contributed by atoms with Crippen LogP contribution in [0, 0.1) is 0 Å². The number of allylic oxidation sites excluding steroid dienone is 2. The lowest BCUT2D eigenvalue weighted by Crippen LogP contribution is -2.43. The highest BCUT2D eigenvalue weighted by Gasteiger charge is 2.62. The van der Waals surface area contributed by atoms with Crippen LogP contribution in [0.2, 0.25) is 5.02 Å². The molecule has 4 nitrogen and oxygen atoms in total. The van der Waals surface area contributed by atoms with Gasteiger partial charge in [0.05, 0.1) is 22.0 Å². The average molecular weight is 581 g/mol. The van der Waals surface area contributed by atoms with E-state index in [0.717, 1.165) is 12.1 Å². The first-order chi connectivity index (χ1) is 17.2. The van der Waals surface area contributed by atoms with E-state index in [4.69, 9.17) is 11.6 Å². The van der Waals surface area contributed by atoms with E-state index >= 15 is 0 Å². The van der Waals surface area contributed by atoms with Crippen LogP contribution in [0.4, 0.5) is 59.7 Å². The molecule has 0 aliphatic carbocycles. The Balaban J connectivity index is 2.56. The Morgan fingerprint density at radius 1 is 0.789 bits per heavy atom. The molecule has 0 heterocycles. The quantitative estimate of drug-likeness (QED) is 0.249. The summed E-state index contributed by atoms with van der Waals surface area (Å²) in [6, 6.07) is 6.40. The molecule has 0 aliphatic heterocycles. The standard InChI is InChI=1S/C22H12ClF11N2O2/c23-13-9-11(5-6-12(13)20(26,27)28)16(10-18(38)19(24,25)22(32,33)34)36-15-4-2-1-3-14(15)35-8-7-17(37)21(29,30)31/h1-10,35-36H. The van der Waals surface area contributed by atoms with Crippen LogP contribution in [0.5, 0.6) is 0 Å². The number of rotatable bonds is 8. The Kier molecular flexibility index (Phi) is 8.87. The number of alkyl halides is 11. The van der Waals surface area contributed by atoms with Crippen molar-refractivity contribution in [2.24, 2.45) is 0 Å². The van der Waals surface area contributed by atoms with Crippen LogP contribution in [0.15, 0.2) is 60.8 Å². The number of ketones is 2. The van der Waals surface area contributed by atoms with E-state index < -0.39 is 57.9 Å². The third-order valence-corrected chi connectivity index (χ3v) is 4.79. The second-order valence-corrected chi connectivity index (χ2v) is 7.60. The van der Waals surface area contributed by atoms with Crippen molar-refractivity contribution >= 4 is 40.2 Å². The first kappa shape index (κ1) is 30.6. The summed E-state index contributed by atoms with van der Waals surface area (Å²) in [5.74, 6) is -10.9. The molecule has 0 radical (unpaired) electrons.